The summed E-state index contributed by atoms with van der Waals surface area (Å²) >= 11 is 1.62. The van der Waals surface area contributed by atoms with Crippen molar-refractivity contribution in [1.29, 1.82) is 0 Å². The second-order valence-electron chi connectivity index (χ2n) is 4.40. The molecular formula is C16H14N2OS. The zero-order chi connectivity index (χ0) is 13.8. The molecular weight excluding hydrogens is 268 g/mol. The smallest absolute Gasteiger partial charge is 0.279 e. The summed E-state index contributed by atoms with van der Waals surface area (Å²) in [4.78, 5) is 18.5. The zero-order valence-corrected chi connectivity index (χ0v) is 11.7. The van der Waals surface area contributed by atoms with Crippen LogP contribution < -0.4 is 4.90 Å². The van der Waals surface area contributed by atoms with E-state index in [4.69, 9.17) is 0 Å². The van der Waals surface area contributed by atoms with Crippen LogP contribution in [0.4, 0.5) is 5.69 Å². The fourth-order valence-electron chi connectivity index (χ4n) is 2.07. The molecule has 0 atom stereocenters. The highest BCUT2D eigenvalue weighted by Gasteiger charge is 2.22. The van der Waals surface area contributed by atoms with Crippen molar-refractivity contribution < 1.29 is 4.79 Å². The third-order valence-corrected chi connectivity index (χ3v) is 4.02. The third-order valence-electron chi connectivity index (χ3n) is 3.06. The van der Waals surface area contributed by atoms with Crippen molar-refractivity contribution in [3.05, 3.63) is 66.2 Å². The minimum Gasteiger partial charge on any atom is -0.320 e. The van der Waals surface area contributed by atoms with E-state index in [1.165, 1.54) is 0 Å². The highest BCUT2D eigenvalue weighted by Crippen LogP contribution is 2.25. The number of amidine groups is 1. The summed E-state index contributed by atoms with van der Waals surface area (Å²) in [5.74, 6) is 0.770. The molecule has 2 aromatic carbocycles. The average Bonchev–Trinajstić information content (AvgIpc) is 2.97. The lowest BCUT2D eigenvalue weighted by molar-refractivity contribution is 0.100. The van der Waals surface area contributed by atoms with Crippen LogP contribution >= 0.6 is 11.8 Å². The maximum atomic E-state index is 12.2. The quantitative estimate of drug-likeness (QED) is 0.846. The normalized spacial score (nSPS) is 16.6. The van der Waals surface area contributed by atoms with Gasteiger partial charge in [0.1, 0.15) is 0 Å². The van der Waals surface area contributed by atoms with Crippen LogP contribution in [0, 0.1) is 0 Å². The molecule has 0 spiro atoms. The Balaban J connectivity index is 1.86. The van der Waals surface area contributed by atoms with Crippen LogP contribution in [0.3, 0.4) is 0 Å². The lowest BCUT2D eigenvalue weighted by Gasteiger charge is -2.17. The van der Waals surface area contributed by atoms with E-state index in [1.807, 2.05) is 48.5 Å². The standard InChI is InChI=1S/C16H14N2OS/c19-15(13-7-3-1-4-8-13)17-16-18(11-12-20-16)14-9-5-2-6-10-14/h1-10H,11-12H2. The van der Waals surface area contributed by atoms with Gasteiger partial charge in [-0.2, -0.15) is 4.99 Å². The van der Waals surface area contributed by atoms with Gasteiger partial charge in [-0.3, -0.25) is 4.79 Å². The summed E-state index contributed by atoms with van der Waals surface area (Å²) in [6.45, 7) is 0.885. The maximum absolute atomic E-state index is 12.2. The predicted octanol–water partition coefficient (Wildman–Crippen LogP) is 3.44. The maximum Gasteiger partial charge on any atom is 0.279 e. The van der Waals surface area contributed by atoms with Gasteiger partial charge in [0.15, 0.2) is 5.17 Å². The van der Waals surface area contributed by atoms with Crippen LogP contribution in [0.2, 0.25) is 0 Å². The van der Waals surface area contributed by atoms with Crippen molar-refractivity contribution in [2.24, 2.45) is 4.99 Å². The zero-order valence-electron chi connectivity index (χ0n) is 10.9. The number of anilines is 1. The summed E-state index contributed by atoms with van der Waals surface area (Å²) in [5, 5.41) is 0.782. The van der Waals surface area contributed by atoms with Crippen LogP contribution in [-0.2, 0) is 0 Å². The van der Waals surface area contributed by atoms with Crippen molar-refractivity contribution in [3.63, 3.8) is 0 Å². The SMILES string of the molecule is O=C(N=C1SCCN1c1ccccc1)c1ccccc1. The van der Waals surface area contributed by atoms with Gasteiger partial charge in [0, 0.05) is 23.5 Å². The van der Waals surface area contributed by atoms with Crippen molar-refractivity contribution in [3.8, 4) is 0 Å². The van der Waals surface area contributed by atoms with E-state index >= 15 is 0 Å². The van der Waals surface area contributed by atoms with Gasteiger partial charge < -0.3 is 4.90 Å². The van der Waals surface area contributed by atoms with Gasteiger partial charge in [-0.25, -0.2) is 0 Å². The number of hydrogen-bond acceptors (Lipinski definition) is 2. The number of rotatable bonds is 2. The second-order valence-corrected chi connectivity index (χ2v) is 5.46. The van der Waals surface area contributed by atoms with Crippen LogP contribution in [0.15, 0.2) is 65.7 Å². The van der Waals surface area contributed by atoms with E-state index in [-0.39, 0.29) is 5.91 Å². The topological polar surface area (TPSA) is 32.7 Å². The first-order chi connectivity index (χ1) is 9.84. The lowest BCUT2D eigenvalue weighted by atomic mass is 10.2. The first-order valence-corrected chi connectivity index (χ1v) is 7.46. The van der Waals surface area contributed by atoms with E-state index < -0.39 is 0 Å². The number of benzene rings is 2. The third kappa shape index (κ3) is 2.75. The fraction of sp³-hybridized carbons (Fsp3) is 0.125. The van der Waals surface area contributed by atoms with Gasteiger partial charge in [-0.05, 0) is 24.3 Å². The first kappa shape index (κ1) is 12.9. The Morgan fingerprint density at radius 1 is 1.00 bits per heavy atom. The molecule has 2 aromatic rings. The molecule has 0 N–H and O–H groups in total. The van der Waals surface area contributed by atoms with Crippen LogP contribution in [0.25, 0.3) is 0 Å². The molecule has 3 rings (SSSR count). The molecule has 1 saturated heterocycles. The fourth-order valence-corrected chi connectivity index (χ4v) is 3.03. The molecule has 1 heterocycles. The number of carbonyl (C=O) groups is 1. The minimum absolute atomic E-state index is 0.184. The highest BCUT2D eigenvalue weighted by molar-refractivity contribution is 8.14. The molecule has 1 aliphatic rings. The molecule has 4 heteroatoms. The van der Waals surface area contributed by atoms with E-state index in [0.29, 0.717) is 5.56 Å². The van der Waals surface area contributed by atoms with Crippen LogP contribution in [0.1, 0.15) is 10.4 Å². The Morgan fingerprint density at radius 3 is 2.35 bits per heavy atom. The summed E-state index contributed by atoms with van der Waals surface area (Å²) < 4.78 is 0. The van der Waals surface area contributed by atoms with Gasteiger partial charge in [0.05, 0.1) is 0 Å². The van der Waals surface area contributed by atoms with Crippen LogP contribution in [-0.4, -0.2) is 23.4 Å². The second kappa shape index (κ2) is 5.92. The van der Waals surface area contributed by atoms with Gasteiger partial charge in [0.2, 0.25) is 0 Å². The van der Waals surface area contributed by atoms with Crippen molar-refractivity contribution >= 4 is 28.5 Å². The van der Waals surface area contributed by atoms with Gasteiger partial charge in [-0.15, -0.1) is 0 Å². The Bertz CT molecular complexity index is 625. The van der Waals surface area contributed by atoms with Gasteiger partial charge in [0.25, 0.3) is 5.91 Å². The van der Waals surface area contributed by atoms with Crippen molar-refractivity contribution in [1.82, 2.24) is 0 Å². The molecule has 1 fully saturated rings. The minimum atomic E-state index is -0.184. The number of nitrogens with zero attached hydrogens (tertiary/aromatic N) is 2. The van der Waals surface area contributed by atoms with Crippen LogP contribution in [0.5, 0.6) is 0 Å². The van der Waals surface area contributed by atoms with E-state index in [1.54, 1.807) is 23.9 Å². The Morgan fingerprint density at radius 2 is 1.65 bits per heavy atom. The van der Waals surface area contributed by atoms with E-state index in [0.717, 1.165) is 23.2 Å². The Hall–Kier alpha value is -2.07. The summed E-state index contributed by atoms with van der Waals surface area (Å²) in [7, 11) is 0. The molecule has 0 aliphatic carbocycles. The first-order valence-electron chi connectivity index (χ1n) is 6.48. The predicted molar refractivity (Wildman–Crippen MR) is 84.5 cm³/mol. The monoisotopic (exact) mass is 282 g/mol. The number of hydrogen-bond donors (Lipinski definition) is 0. The summed E-state index contributed by atoms with van der Waals surface area (Å²) in [6, 6.07) is 19.2. The molecule has 20 heavy (non-hydrogen) atoms. The Kier molecular flexibility index (Phi) is 3.83. The van der Waals surface area contributed by atoms with Crippen molar-refractivity contribution in [2.75, 3.05) is 17.2 Å². The summed E-state index contributed by atoms with van der Waals surface area (Å²) in [5.41, 5.74) is 1.71. The molecule has 1 amide bonds. The van der Waals surface area contributed by atoms with E-state index in [2.05, 4.69) is 9.89 Å². The van der Waals surface area contributed by atoms with Gasteiger partial charge >= 0.3 is 0 Å². The molecule has 100 valence electrons. The van der Waals surface area contributed by atoms with Crippen molar-refractivity contribution in [2.45, 2.75) is 0 Å². The largest absolute Gasteiger partial charge is 0.320 e. The van der Waals surface area contributed by atoms with Gasteiger partial charge in [-0.1, -0.05) is 48.2 Å². The number of aliphatic imine (C=N–C) groups is 1. The lowest BCUT2D eigenvalue weighted by Crippen LogP contribution is -2.24. The molecule has 3 nitrogen and oxygen atoms in total. The molecule has 1 aliphatic heterocycles. The molecule has 0 aromatic heterocycles. The molecule has 0 saturated carbocycles. The Labute approximate surface area is 122 Å². The molecule has 0 radical (unpaired) electrons. The molecule has 0 unspecified atom stereocenters. The number of amides is 1. The summed E-state index contributed by atoms with van der Waals surface area (Å²) in [6.07, 6.45) is 0. The number of carbonyl (C=O) groups excluding carboxylic acids is 1. The average molecular weight is 282 g/mol. The van der Waals surface area contributed by atoms with E-state index in [9.17, 15) is 4.79 Å². The highest BCUT2D eigenvalue weighted by atomic mass is 32.2. The number of thioether (sulfide) groups is 1. The number of para-hydroxylation sites is 1. The molecule has 0 bridgehead atoms.